The average molecular weight is 308 g/mol. The number of nitro benzene ring substituents is 1. The first-order valence-corrected chi connectivity index (χ1v) is 6.26. The van der Waals surface area contributed by atoms with Gasteiger partial charge in [0.2, 0.25) is 0 Å². The van der Waals surface area contributed by atoms with Crippen molar-refractivity contribution in [3.05, 3.63) is 33.6 Å². The lowest BCUT2D eigenvalue weighted by Gasteiger charge is -2.11. The Hall–Kier alpha value is -1.42. The standard InChI is InChI=1S/C7H2ClF4NO4S/c8-18(16,17)6-3(9)1-2-4(13(14)15)5(6)7(10,11)12/h1-2H. The molecule has 0 heterocycles. The molecule has 0 amide bonds. The van der Waals surface area contributed by atoms with E-state index in [0.717, 1.165) is 0 Å². The molecule has 1 rings (SSSR count). The maximum absolute atomic E-state index is 13.1. The van der Waals surface area contributed by atoms with Crippen molar-refractivity contribution in [1.29, 1.82) is 0 Å². The molecule has 0 fully saturated rings. The van der Waals surface area contributed by atoms with Crippen LogP contribution in [0.3, 0.4) is 0 Å². The molecule has 1 aromatic carbocycles. The molecule has 0 atom stereocenters. The highest BCUT2D eigenvalue weighted by molar-refractivity contribution is 8.13. The smallest absolute Gasteiger partial charge is 0.258 e. The van der Waals surface area contributed by atoms with Crippen molar-refractivity contribution in [1.82, 2.24) is 0 Å². The highest BCUT2D eigenvalue weighted by Gasteiger charge is 2.45. The first kappa shape index (κ1) is 14.6. The minimum absolute atomic E-state index is 0.212. The summed E-state index contributed by atoms with van der Waals surface area (Å²) in [6.45, 7) is 0. The van der Waals surface area contributed by atoms with Crippen LogP contribution in [0.5, 0.6) is 0 Å². The van der Waals surface area contributed by atoms with Gasteiger partial charge in [0.05, 0.1) is 4.92 Å². The molecule has 1 aromatic rings. The second-order valence-electron chi connectivity index (χ2n) is 2.96. The molecule has 0 unspecified atom stereocenters. The summed E-state index contributed by atoms with van der Waals surface area (Å²) in [4.78, 5) is 6.97. The first-order chi connectivity index (χ1) is 7.96. The van der Waals surface area contributed by atoms with Crippen LogP contribution in [0.25, 0.3) is 0 Å². The highest BCUT2D eigenvalue weighted by Crippen LogP contribution is 2.42. The number of nitro groups is 1. The van der Waals surface area contributed by atoms with Crippen molar-refractivity contribution in [2.75, 3.05) is 0 Å². The SMILES string of the molecule is O=[N+]([O-])c1ccc(F)c(S(=O)(=O)Cl)c1C(F)(F)F. The zero-order valence-electron chi connectivity index (χ0n) is 8.03. The van der Waals surface area contributed by atoms with Crippen LogP contribution >= 0.6 is 10.7 Å². The predicted molar refractivity (Wildman–Crippen MR) is 51.1 cm³/mol. The van der Waals surface area contributed by atoms with E-state index >= 15 is 0 Å². The first-order valence-electron chi connectivity index (χ1n) is 3.95. The van der Waals surface area contributed by atoms with E-state index in [4.69, 9.17) is 0 Å². The fourth-order valence-corrected chi connectivity index (χ4v) is 2.43. The van der Waals surface area contributed by atoms with Crippen LogP contribution in [0.1, 0.15) is 5.56 Å². The molecule has 0 spiro atoms. The number of benzene rings is 1. The van der Waals surface area contributed by atoms with E-state index in [0.29, 0.717) is 0 Å². The molecule has 0 N–H and O–H groups in total. The molecule has 5 nitrogen and oxygen atoms in total. The fourth-order valence-electron chi connectivity index (χ4n) is 1.21. The molecule has 18 heavy (non-hydrogen) atoms. The number of halogens is 5. The Morgan fingerprint density at radius 2 is 1.78 bits per heavy atom. The third-order valence-corrected chi connectivity index (χ3v) is 3.16. The zero-order valence-corrected chi connectivity index (χ0v) is 9.61. The third kappa shape index (κ3) is 2.70. The molecule has 0 aliphatic heterocycles. The van der Waals surface area contributed by atoms with Crippen LogP contribution in [0.4, 0.5) is 23.2 Å². The second kappa shape index (κ2) is 4.35. The number of alkyl halides is 3. The van der Waals surface area contributed by atoms with Gasteiger partial charge in [0.1, 0.15) is 10.7 Å². The summed E-state index contributed by atoms with van der Waals surface area (Å²) in [5.41, 5.74) is -3.83. The van der Waals surface area contributed by atoms with Crippen LogP contribution < -0.4 is 0 Å². The van der Waals surface area contributed by atoms with Crippen LogP contribution in [0.15, 0.2) is 17.0 Å². The van der Waals surface area contributed by atoms with Gasteiger partial charge in [0.15, 0.2) is 5.56 Å². The van der Waals surface area contributed by atoms with Crippen molar-refractivity contribution >= 4 is 25.4 Å². The van der Waals surface area contributed by atoms with Crippen LogP contribution in [-0.2, 0) is 15.2 Å². The van der Waals surface area contributed by atoms with Gasteiger partial charge in [-0.2, -0.15) is 13.2 Å². The summed E-state index contributed by atoms with van der Waals surface area (Å²) in [5.74, 6) is -1.82. The molecule has 0 aliphatic carbocycles. The van der Waals surface area contributed by atoms with Crippen molar-refractivity contribution in [2.24, 2.45) is 0 Å². The van der Waals surface area contributed by atoms with Crippen molar-refractivity contribution in [3.8, 4) is 0 Å². The summed E-state index contributed by atoms with van der Waals surface area (Å²) in [5, 5.41) is 10.4. The van der Waals surface area contributed by atoms with E-state index in [1.165, 1.54) is 0 Å². The third-order valence-electron chi connectivity index (χ3n) is 1.81. The summed E-state index contributed by atoms with van der Waals surface area (Å²) >= 11 is 0. The van der Waals surface area contributed by atoms with Gasteiger partial charge in [-0.05, 0) is 6.07 Å². The average Bonchev–Trinajstić information content (AvgIpc) is 2.13. The van der Waals surface area contributed by atoms with Gasteiger partial charge in [-0.3, -0.25) is 10.1 Å². The monoisotopic (exact) mass is 307 g/mol. The highest BCUT2D eigenvalue weighted by atomic mass is 35.7. The van der Waals surface area contributed by atoms with Gasteiger partial charge in [0.25, 0.3) is 14.7 Å². The minimum atomic E-state index is -5.44. The maximum Gasteiger partial charge on any atom is 0.424 e. The molecule has 0 radical (unpaired) electrons. The molecule has 0 saturated heterocycles. The van der Waals surface area contributed by atoms with Gasteiger partial charge < -0.3 is 0 Å². The largest absolute Gasteiger partial charge is 0.424 e. The van der Waals surface area contributed by atoms with E-state index < -0.39 is 42.1 Å². The van der Waals surface area contributed by atoms with Crippen molar-refractivity contribution in [2.45, 2.75) is 11.1 Å². The number of hydrogen-bond acceptors (Lipinski definition) is 4. The summed E-state index contributed by atoms with van der Waals surface area (Å²) in [6.07, 6.45) is -5.44. The van der Waals surface area contributed by atoms with E-state index in [-0.39, 0.29) is 12.1 Å². The Balaban J connectivity index is 3.91. The van der Waals surface area contributed by atoms with Crippen LogP contribution in [0.2, 0.25) is 0 Å². The minimum Gasteiger partial charge on any atom is -0.258 e. The van der Waals surface area contributed by atoms with Gasteiger partial charge in [-0.25, -0.2) is 12.8 Å². The lowest BCUT2D eigenvalue weighted by molar-refractivity contribution is -0.388. The molecular weight excluding hydrogens is 306 g/mol. The lowest BCUT2D eigenvalue weighted by Crippen LogP contribution is -2.15. The normalized spacial score (nSPS) is 12.5. The summed E-state index contributed by atoms with van der Waals surface area (Å²) < 4.78 is 72.7. The quantitative estimate of drug-likeness (QED) is 0.364. The van der Waals surface area contributed by atoms with E-state index in [1.807, 2.05) is 0 Å². The Morgan fingerprint density at radius 3 is 2.11 bits per heavy atom. The number of nitrogens with zero attached hydrogens (tertiary/aromatic N) is 1. The van der Waals surface area contributed by atoms with Gasteiger partial charge in [-0.1, -0.05) is 0 Å². The Morgan fingerprint density at radius 1 is 1.28 bits per heavy atom. The predicted octanol–water partition coefficient (Wildman–Crippen LogP) is 2.68. The Bertz CT molecular complexity index is 613. The van der Waals surface area contributed by atoms with Crippen molar-refractivity contribution < 1.29 is 30.9 Å². The van der Waals surface area contributed by atoms with Gasteiger partial charge in [-0.15, -0.1) is 0 Å². The molecule has 0 saturated carbocycles. The molecular formula is C7H2ClF4NO4S. The Labute approximate surface area is 102 Å². The molecule has 0 aromatic heterocycles. The number of rotatable bonds is 2. The summed E-state index contributed by atoms with van der Waals surface area (Å²) in [6, 6.07) is 0.437. The molecule has 0 bridgehead atoms. The van der Waals surface area contributed by atoms with E-state index in [1.54, 1.807) is 0 Å². The van der Waals surface area contributed by atoms with Crippen molar-refractivity contribution in [3.63, 3.8) is 0 Å². The van der Waals surface area contributed by atoms with E-state index in [9.17, 15) is 36.1 Å². The molecule has 0 aliphatic rings. The Kier molecular flexibility index (Phi) is 3.54. The molecule has 11 heteroatoms. The second-order valence-corrected chi connectivity index (χ2v) is 5.47. The topological polar surface area (TPSA) is 77.3 Å². The fraction of sp³-hybridized carbons (Fsp3) is 0.143. The zero-order chi connectivity index (χ0) is 14.3. The maximum atomic E-state index is 13.1. The lowest BCUT2D eigenvalue weighted by atomic mass is 10.1. The molecule has 100 valence electrons. The summed E-state index contributed by atoms with van der Waals surface area (Å²) in [7, 11) is -0.469. The van der Waals surface area contributed by atoms with Gasteiger partial charge in [0, 0.05) is 16.7 Å². The number of hydrogen-bond donors (Lipinski definition) is 0. The van der Waals surface area contributed by atoms with E-state index in [2.05, 4.69) is 10.7 Å². The van der Waals surface area contributed by atoms with Crippen LogP contribution in [-0.4, -0.2) is 13.3 Å². The van der Waals surface area contributed by atoms with Crippen LogP contribution in [0, 0.1) is 15.9 Å². The van der Waals surface area contributed by atoms with Gasteiger partial charge >= 0.3 is 6.18 Å².